The van der Waals surface area contributed by atoms with Crippen LogP contribution in [0.25, 0.3) is 0 Å². The van der Waals surface area contributed by atoms with Gasteiger partial charge in [0.1, 0.15) is 19.0 Å². The average Bonchev–Trinajstić information content (AvgIpc) is 2.74. The first-order valence-corrected chi connectivity index (χ1v) is 12.1. The van der Waals surface area contributed by atoms with Crippen LogP contribution in [0.4, 0.5) is 10.1 Å². The topological polar surface area (TPSA) is 84.9 Å². The molecule has 2 aromatic carbocycles. The van der Waals surface area contributed by atoms with Crippen molar-refractivity contribution in [2.45, 2.75) is 25.7 Å². The summed E-state index contributed by atoms with van der Waals surface area (Å²) in [5.74, 6) is 0.700. The maximum atomic E-state index is 12.9. The molecule has 2 aromatic rings. The minimum absolute atomic E-state index is 0.130. The summed E-state index contributed by atoms with van der Waals surface area (Å²) < 4.78 is 49.7. The number of benzene rings is 2. The Morgan fingerprint density at radius 1 is 1.06 bits per heavy atom. The minimum Gasteiger partial charge on any atom is -0.486 e. The van der Waals surface area contributed by atoms with Crippen molar-refractivity contribution in [1.29, 1.82) is 0 Å². The molecule has 168 valence electrons. The summed E-state index contributed by atoms with van der Waals surface area (Å²) in [5, 5.41) is 2.84. The van der Waals surface area contributed by atoms with Crippen molar-refractivity contribution in [1.82, 2.24) is 5.32 Å². The fourth-order valence-electron chi connectivity index (χ4n) is 3.32. The fourth-order valence-corrected chi connectivity index (χ4v) is 4.27. The summed E-state index contributed by atoms with van der Waals surface area (Å²) in [6.07, 6.45) is 3.22. The molecule has 1 heterocycles. The van der Waals surface area contributed by atoms with Gasteiger partial charge in [0.25, 0.3) is 0 Å². The highest BCUT2D eigenvalue weighted by Crippen LogP contribution is 2.34. The molecular weight excluding hydrogens is 423 g/mol. The first-order chi connectivity index (χ1) is 14.8. The van der Waals surface area contributed by atoms with E-state index < -0.39 is 10.0 Å². The zero-order valence-corrected chi connectivity index (χ0v) is 18.3. The Bertz CT molecular complexity index is 995. The lowest BCUT2D eigenvalue weighted by Gasteiger charge is -2.25. The van der Waals surface area contributed by atoms with Crippen molar-refractivity contribution >= 4 is 21.6 Å². The third-order valence-electron chi connectivity index (χ3n) is 4.86. The fraction of sp³-hybridized carbons (Fsp3) is 0.409. The summed E-state index contributed by atoms with van der Waals surface area (Å²) in [6.45, 7) is 1.56. The molecule has 1 N–H and O–H groups in total. The van der Waals surface area contributed by atoms with Crippen molar-refractivity contribution in [3.8, 4) is 11.5 Å². The van der Waals surface area contributed by atoms with Crippen LogP contribution in [0.1, 0.15) is 24.8 Å². The van der Waals surface area contributed by atoms with E-state index in [1.54, 1.807) is 30.3 Å². The number of hydrogen-bond acceptors (Lipinski definition) is 5. The number of anilines is 1. The van der Waals surface area contributed by atoms with Gasteiger partial charge in [-0.15, -0.1) is 0 Å². The minimum atomic E-state index is -3.52. The number of carbonyl (C=O) groups is 1. The molecule has 31 heavy (non-hydrogen) atoms. The number of hydrogen-bond donors (Lipinski definition) is 1. The largest absolute Gasteiger partial charge is 0.486 e. The number of nitrogens with zero attached hydrogens (tertiary/aromatic N) is 1. The van der Waals surface area contributed by atoms with E-state index in [2.05, 4.69) is 5.32 Å². The number of ether oxygens (including phenoxy) is 2. The van der Waals surface area contributed by atoms with E-state index in [1.165, 1.54) is 16.4 Å². The first-order valence-electron chi connectivity index (χ1n) is 10.2. The van der Waals surface area contributed by atoms with Gasteiger partial charge in [-0.05, 0) is 49.1 Å². The second-order valence-electron chi connectivity index (χ2n) is 7.35. The summed E-state index contributed by atoms with van der Waals surface area (Å²) in [7, 11) is -3.52. The lowest BCUT2D eigenvalue weighted by Crippen LogP contribution is -2.32. The highest BCUT2D eigenvalue weighted by Gasteiger charge is 2.21. The van der Waals surface area contributed by atoms with Crippen LogP contribution in [0, 0.1) is 5.82 Å². The highest BCUT2D eigenvalue weighted by atomic mass is 32.2. The molecule has 0 aromatic heterocycles. The van der Waals surface area contributed by atoms with E-state index in [-0.39, 0.29) is 24.7 Å². The van der Waals surface area contributed by atoms with Crippen molar-refractivity contribution in [3.05, 3.63) is 53.8 Å². The Balaban J connectivity index is 1.45. The van der Waals surface area contributed by atoms with E-state index in [4.69, 9.17) is 9.47 Å². The van der Waals surface area contributed by atoms with Crippen LogP contribution in [-0.4, -0.2) is 46.9 Å². The molecule has 0 bridgehead atoms. The predicted octanol–water partition coefficient (Wildman–Crippen LogP) is 2.89. The van der Waals surface area contributed by atoms with Gasteiger partial charge in [-0.3, -0.25) is 9.10 Å². The normalized spacial score (nSPS) is 13.0. The molecule has 0 atom stereocenters. The van der Waals surface area contributed by atoms with E-state index in [1.807, 2.05) is 0 Å². The smallest absolute Gasteiger partial charge is 0.232 e. The van der Waals surface area contributed by atoms with Gasteiger partial charge in [-0.2, -0.15) is 0 Å². The van der Waals surface area contributed by atoms with Crippen molar-refractivity contribution in [3.63, 3.8) is 0 Å². The molecule has 7 nitrogen and oxygen atoms in total. The molecule has 0 fully saturated rings. The van der Waals surface area contributed by atoms with Gasteiger partial charge in [0.15, 0.2) is 11.5 Å². The number of fused-ring (bicyclic) bond motifs is 1. The lowest BCUT2D eigenvalue weighted by molar-refractivity contribution is -0.121. The Hall–Kier alpha value is -2.81. The standard InChI is InChI=1S/C22H27FN2O5S/c1-31(27,28)25(19-10-11-20-21(16-19)30-15-14-29-20)13-3-5-22(26)24-12-2-4-17-6-8-18(23)9-7-17/h6-11,16H,2-5,12-15H2,1H3,(H,24,26). The highest BCUT2D eigenvalue weighted by molar-refractivity contribution is 7.92. The van der Waals surface area contributed by atoms with E-state index in [9.17, 15) is 17.6 Å². The molecule has 3 rings (SSSR count). The molecule has 0 saturated carbocycles. The maximum absolute atomic E-state index is 12.9. The Morgan fingerprint density at radius 3 is 2.48 bits per heavy atom. The van der Waals surface area contributed by atoms with E-state index >= 15 is 0 Å². The zero-order chi connectivity index (χ0) is 22.3. The van der Waals surface area contributed by atoms with Gasteiger partial charge in [0.05, 0.1) is 11.9 Å². The SMILES string of the molecule is CS(=O)(=O)N(CCCC(=O)NCCCc1ccc(F)cc1)c1ccc2c(c1)OCCO2. The number of sulfonamides is 1. The van der Waals surface area contributed by atoms with Crippen LogP contribution in [0.5, 0.6) is 11.5 Å². The number of aryl methyl sites for hydroxylation is 1. The monoisotopic (exact) mass is 450 g/mol. The summed E-state index contributed by atoms with van der Waals surface area (Å²) >= 11 is 0. The Kier molecular flexibility index (Phi) is 7.73. The first kappa shape index (κ1) is 22.9. The third kappa shape index (κ3) is 6.85. The lowest BCUT2D eigenvalue weighted by atomic mass is 10.1. The number of amides is 1. The van der Waals surface area contributed by atoms with Gasteiger partial charge in [-0.25, -0.2) is 12.8 Å². The molecule has 0 aliphatic carbocycles. The van der Waals surface area contributed by atoms with Crippen LogP contribution < -0.4 is 19.1 Å². The zero-order valence-electron chi connectivity index (χ0n) is 17.5. The predicted molar refractivity (Wildman–Crippen MR) is 117 cm³/mol. The van der Waals surface area contributed by atoms with Crippen LogP contribution in [0.15, 0.2) is 42.5 Å². The number of nitrogens with one attached hydrogen (secondary N) is 1. The van der Waals surface area contributed by atoms with Crippen molar-refractivity contribution in [2.75, 3.05) is 36.9 Å². The molecule has 1 aliphatic rings. The van der Waals surface area contributed by atoms with E-state index in [0.29, 0.717) is 43.4 Å². The van der Waals surface area contributed by atoms with Gasteiger partial charge in [-0.1, -0.05) is 12.1 Å². The quantitative estimate of drug-likeness (QED) is 0.563. The second-order valence-corrected chi connectivity index (χ2v) is 9.25. The average molecular weight is 451 g/mol. The van der Waals surface area contributed by atoms with Gasteiger partial charge < -0.3 is 14.8 Å². The van der Waals surface area contributed by atoms with Gasteiger partial charge >= 0.3 is 0 Å². The van der Waals surface area contributed by atoms with Crippen LogP contribution in [0.3, 0.4) is 0 Å². The Morgan fingerprint density at radius 2 is 1.77 bits per heavy atom. The molecule has 9 heteroatoms. The second kappa shape index (κ2) is 10.5. The molecular formula is C22H27FN2O5S. The third-order valence-corrected chi connectivity index (χ3v) is 6.05. The van der Waals surface area contributed by atoms with Gasteiger partial charge in [0, 0.05) is 25.6 Å². The Labute approximate surface area is 182 Å². The van der Waals surface area contributed by atoms with Crippen LogP contribution in [0.2, 0.25) is 0 Å². The molecule has 0 spiro atoms. The van der Waals surface area contributed by atoms with E-state index in [0.717, 1.165) is 24.7 Å². The van der Waals surface area contributed by atoms with Crippen LogP contribution >= 0.6 is 0 Å². The molecule has 0 unspecified atom stereocenters. The summed E-state index contributed by atoms with van der Waals surface area (Å²) in [4.78, 5) is 12.1. The van der Waals surface area contributed by atoms with Gasteiger partial charge in [0.2, 0.25) is 15.9 Å². The van der Waals surface area contributed by atoms with Crippen molar-refractivity contribution < 1.29 is 27.1 Å². The summed E-state index contributed by atoms with van der Waals surface area (Å²) in [6, 6.07) is 11.3. The number of halogens is 1. The maximum Gasteiger partial charge on any atom is 0.232 e. The summed E-state index contributed by atoms with van der Waals surface area (Å²) in [5.41, 5.74) is 1.49. The molecule has 0 saturated heterocycles. The number of rotatable bonds is 10. The number of carbonyl (C=O) groups excluding carboxylic acids is 1. The van der Waals surface area contributed by atoms with Crippen LogP contribution in [-0.2, 0) is 21.2 Å². The van der Waals surface area contributed by atoms with Crippen molar-refractivity contribution in [2.24, 2.45) is 0 Å². The molecule has 0 radical (unpaired) electrons. The molecule has 1 amide bonds. The molecule has 1 aliphatic heterocycles.